The van der Waals surface area contributed by atoms with E-state index in [4.69, 9.17) is 5.73 Å². The summed E-state index contributed by atoms with van der Waals surface area (Å²) in [6.45, 7) is 4.06. The average molecular weight is 243 g/mol. The molecule has 0 aromatic heterocycles. The SMILES string of the molecule is CC(C)c1cccc(C=C[C@H](N)C(F)(F)F)c1. The number of rotatable bonds is 3. The maximum atomic E-state index is 12.2. The van der Waals surface area contributed by atoms with E-state index in [-0.39, 0.29) is 0 Å². The number of benzene rings is 1. The molecule has 1 nitrogen and oxygen atoms in total. The second-order valence-electron chi connectivity index (χ2n) is 4.25. The molecule has 1 aromatic carbocycles. The standard InChI is InChI=1S/C13H16F3N/c1-9(2)11-5-3-4-10(8-11)6-7-12(17)13(14,15)16/h3-9,12H,17H2,1-2H3/t12-/m0/s1. The Hall–Kier alpha value is -1.29. The van der Waals surface area contributed by atoms with Crippen molar-refractivity contribution in [3.05, 3.63) is 41.5 Å². The minimum absolute atomic E-state index is 0.347. The Bertz CT molecular complexity index is 394. The van der Waals surface area contributed by atoms with Crippen LogP contribution in [0, 0.1) is 0 Å². The van der Waals surface area contributed by atoms with Crippen LogP contribution in [0.15, 0.2) is 30.3 Å². The molecule has 1 atom stereocenters. The van der Waals surface area contributed by atoms with E-state index in [1.165, 1.54) is 6.08 Å². The van der Waals surface area contributed by atoms with Gasteiger partial charge in [0, 0.05) is 0 Å². The second kappa shape index (κ2) is 5.36. The van der Waals surface area contributed by atoms with Crippen molar-refractivity contribution in [1.29, 1.82) is 0 Å². The molecule has 94 valence electrons. The molecule has 1 aromatic rings. The fourth-order valence-corrected chi connectivity index (χ4v) is 1.35. The smallest absolute Gasteiger partial charge is 0.317 e. The van der Waals surface area contributed by atoms with Crippen LogP contribution < -0.4 is 5.73 Å². The molecule has 0 saturated heterocycles. The highest BCUT2D eigenvalue weighted by atomic mass is 19.4. The summed E-state index contributed by atoms with van der Waals surface area (Å²) in [4.78, 5) is 0. The third-order valence-corrected chi connectivity index (χ3v) is 2.45. The lowest BCUT2D eigenvalue weighted by molar-refractivity contribution is -0.136. The van der Waals surface area contributed by atoms with E-state index in [2.05, 4.69) is 0 Å². The molecule has 4 heteroatoms. The minimum atomic E-state index is -4.38. The Kier molecular flexibility index (Phi) is 4.34. The summed E-state index contributed by atoms with van der Waals surface area (Å²) in [5.41, 5.74) is 6.81. The average Bonchev–Trinajstić information content (AvgIpc) is 2.25. The van der Waals surface area contributed by atoms with E-state index in [1.54, 1.807) is 6.07 Å². The zero-order valence-electron chi connectivity index (χ0n) is 9.83. The van der Waals surface area contributed by atoms with Crippen LogP contribution in [0.2, 0.25) is 0 Å². The summed E-state index contributed by atoms with van der Waals surface area (Å²) in [5, 5.41) is 0. The predicted octanol–water partition coefficient (Wildman–Crippen LogP) is 3.71. The van der Waals surface area contributed by atoms with E-state index in [9.17, 15) is 13.2 Å². The van der Waals surface area contributed by atoms with Gasteiger partial charge in [0.05, 0.1) is 0 Å². The van der Waals surface area contributed by atoms with Gasteiger partial charge < -0.3 is 5.73 Å². The van der Waals surface area contributed by atoms with Crippen molar-refractivity contribution in [2.45, 2.75) is 32.0 Å². The third kappa shape index (κ3) is 4.23. The molecule has 0 aliphatic heterocycles. The largest absolute Gasteiger partial charge is 0.407 e. The number of hydrogen-bond donors (Lipinski definition) is 1. The minimum Gasteiger partial charge on any atom is -0.317 e. The maximum absolute atomic E-state index is 12.2. The van der Waals surface area contributed by atoms with Gasteiger partial charge in [-0.1, -0.05) is 50.3 Å². The van der Waals surface area contributed by atoms with Gasteiger partial charge in [0.15, 0.2) is 0 Å². The molecule has 17 heavy (non-hydrogen) atoms. The van der Waals surface area contributed by atoms with Gasteiger partial charge in [-0.3, -0.25) is 0 Å². The number of nitrogens with two attached hydrogens (primary N) is 1. The van der Waals surface area contributed by atoms with Crippen LogP contribution in [-0.2, 0) is 0 Å². The topological polar surface area (TPSA) is 26.0 Å². The van der Waals surface area contributed by atoms with E-state index in [0.717, 1.165) is 17.2 Å². The lowest BCUT2D eigenvalue weighted by Crippen LogP contribution is -2.35. The summed E-state index contributed by atoms with van der Waals surface area (Å²) < 4.78 is 36.5. The highest BCUT2D eigenvalue weighted by Gasteiger charge is 2.34. The van der Waals surface area contributed by atoms with Crippen molar-refractivity contribution in [3.8, 4) is 0 Å². The fourth-order valence-electron chi connectivity index (χ4n) is 1.35. The molecule has 1 rings (SSSR count). The maximum Gasteiger partial charge on any atom is 0.407 e. The third-order valence-electron chi connectivity index (χ3n) is 2.45. The van der Waals surface area contributed by atoms with Crippen molar-refractivity contribution in [1.82, 2.24) is 0 Å². The van der Waals surface area contributed by atoms with Gasteiger partial charge in [-0.25, -0.2) is 0 Å². The fraction of sp³-hybridized carbons (Fsp3) is 0.385. The molecule has 0 fully saturated rings. The molecule has 0 heterocycles. The van der Waals surface area contributed by atoms with Gasteiger partial charge in [0.1, 0.15) is 6.04 Å². The monoisotopic (exact) mass is 243 g/mol. The molecule has 0 unspecified atom stereocenters. The Morgan fingerprint density at radius 3 is 2.41 bits per heavy atom. The first-order valence-corrected chi connectivity index (χ1v) is 5.41. The van der Waals surface area contributed by atoms with Gasteiger partial charge in [-0.05, 0) is 17.0 Å². The van der Waals surface area contributed by atoms with Crippen LogP contribution in [-0.4, -0.2) is 12.2 Å². The summed E-state index contributed by atoms with van der Waals surface area (Å²) in [6, 6.07) is 5.49. The first kappa shape index (κ1) is 13.8. The Balaban J connectivity index is 2.82. The van der Waals surface area contributed by atoms with Gasteiger partial charge in [0.2, 0.25) is 0 Å². The molecular formula is C13H16F3N. The number of hydrogen-bond acceptors (Lipinski definition) is 1. The quantitative estimate of drug-likeness (QED) is 0.860. The summed E-state index contributed by atoms with van der Waals surface area (Å²) in [6.07, 6.45) is -2.00. The summed E-state index contributed by atoms with van der Waals surface area (Å²) in [7, 11) is 0. The van der Waals surface area contributed by atoms with E-state index in [1.807, 2.05) is 32.0 Å². The summed E-state index contributed by atoms with van der Waals surface area (Å²) >= 11 is 0. The van der Waals surface area contributed by atoms with E-state index < -0.39 is 12.2 Å². The molecule has 0 saturated carbocycles. The number of alkyl halides is 3. The van der Waals surface area contributed by atoms with Gasteiger partial charge >= 0.3 is 6.18 Å². The zero-order chi connectivity index (χ0) is 13.1. The molecule has 0 amide bonds. The molecule has 0 radical (unpaired) electrons. The first-order chi connectivity index (χ1) is 7.80. The van der Waals surface area contributed by atoms with Gasteiger partial charge in [-0.15, -0.1) is 0 Å². The highest BCUT2D eigenvalue weighted by molar-refractivity contribution is 5.51. The van der Waals surface area contributed by atoms with Crippen LogP contribution in [0.3, 0.4) is 0 Å². The van der Waals surface area contributed by atoms with E-state index in [0.29, 0.717) is 5.92 Å². The van der Waals surface area contributed by atoms with E-state index >= 15 is 0 Å². The Morgan fingerprint density at radius 1 is 1.24 bits per heavy atom. The zero-order valence-corrected chi connectivity index (χ0v) is 9.83. The Morgan fingerprint density at radius 2 is 1.88 bits per heavy atom. The van der Waals surface area contributed by atoms with Gasteiger partial charge in [-0.2, -0.15) is 13.2 Å². The van der Waals surface area contributed by atoms with Crippen molar-refractivity contribution in [3.63, 3.8) is 0 Å². The van der Waals surface area contributed by atoms with Crippen LogP contribution in [0.25, 0.3) is 6.08 Å². The second-order valence-corrected chi connectivity index (χ2v) is 4.25. The van der Waals surface area contributed by atoms with Crippen LogP contribution in [0.1, 0.15) is 30.9 Å². The molecule has 0 spiro atoms. The normalized spacial score (nSPS) is 14.5. The highest BCUT2D eigenvalue weighted by Crippen LogP contribution is 2.21. The van der Waals surface area contributed by atoms with Crippen molar-refractivity contribution < 1.29 is 13.2 Å². The van der Waals surface area contributed by atoms with Crippen LogP contribution >= 0.6 is 0 Å². The number of halogens is 3. The molecule has 0 aliphatic rings. The lowest BCUT2D eigenvalue weighted by atomic mass is 10.0. The van der Waals surface area contributed by atoms with Crippen molar-refractivity contribution in [2.75, 3.05) is 0 Å². The molecule has 0 bridgehead atoms. The molecule has 0 aliphatic carbocycles. The van der Waals surface area contributed by atoms with Crippen molar-refractivity contribution in [2.24, 2.45) is 5.73 Å². The lowest BCUT2D eigenvalue weighted by Gasteiger charge is -2.11. The van der Waals surface area contributed by atoms with Crippen LogP contribution in [0.5, 0.6) is 0 Å². The Labute approximate surface area is 99.1 Å². The first-order valence-electron chi connectivity index (χ1n) is 5.41. The predicted molar refractivity (Wildman–Crippen MR) is 63.6 cm³/mol. The van der Waals surface area contributed by atoms with Crippen molar-refractivity contribution >= 4 is 6.08 Å². The molecule has 2 N–H and O–H groups in total. The molecular weight excluding hydrogens is 227 g/mol. The van der Waals surface area contributed by atoms with Gasteiger partial charge in [0.25, 0.3) is 0 Å². The van der Waals surface area contributed by atoms with Crippen LogP contribution in [0.4, 0.5) is 13.2 Å². The summed E-state index contributed by atoms with van der Waals surface area (Å²) in [5.74, 6) is 0.347.